The van der Waals surface area contributed by atoms with Gasteiger partial charge in [-0.05, 0) is 25.3 Å². The van der Waals surface area contributed by atoms with Crippen molar-refractivity contribution in [2.45, 2.75) is 19.4 Å². The minimum atomic E-state index is -2.92. The highest BCUT2D eigenvalue weighted by Gasteiger charge is 2.28. The molecule has 2 unspecified atom stereocenters. The van der Waals surface area contributed by atoms with Gasteiger partial charge in [-0.25, -0.2) is 8.42 Å². The first-order valence-corrected chi connectivity index (χ1v) is 7.57. The average molecular weight is 274 g/mol. The molecule has 0 aromatic carbocycles. The molecule has 7 heteroatoms. The Morgan fingerprint density at radius 2 is 2.17 bits per heavy atom. The number of rotatable bonds is 5. The molecule has 1 aliphatic heterocycles. The van der Waals surface area contributed by atoms with Crippen LogP contribution in [0.15, 0.2) is 12.7 Å². The lowest BCUT2D eigenvalue weighted by Gasteiger charge is -2.14. The molecule has 1 fully saturated rings. The van der Waals surface area contributed by atoms with Crippen LogP contribution in [-0.4, -0.2) is 44.3 Å². The largest absolute Gasteiger partial charge is 0.354 e. The van der Waals surface area contributed by atoms with E-state index in [9.17, 15) is 18.0 Å². The standard InChI is InChI=1S/C11H18N2O4S/c1-3-10(14)13-8(2)11(15)12-6-9-4-5-18(16,17)7-9/h3,8-9H,1,4-7H2,2H3,(H,12,15)(H,13,14). The molecule has 102 valence electrons. The highest BCUT2D eigenvalue weighted by Crippen LogP contribution is 2.17. The van der Waals surface area contributed by atoms with E-state index in [1.807, 2.05) is 0 Å². The number of sulfone groups is 1. The number of amides is 2. The summed E-state index contributed by atoms with van der Waals surface area (Å²) in [5.74, 6) is -0.450. The Bertz CT molecular complexity index is 444. The molecule has 6 nitrogen and oxygen atoms in total. The number of carbonyl (C=O) groups is 2. The number of carbonyl (C=O) groups excluding carboxylic acids is 2. The zero-order valence-electron chi connectivity index (χ0n) is 10.3. The molecule has 0 radical (unpaired) electrons. The second-order valence-corrected chi connectivity index (χ2v) is 6.68. The Balaban J connectivity index is 2.33. The van der Waals surface area contributed by atoms with Crippen LogP contribution >= 0.6 is 0 Å². The van der Waals surface area contributed by atoms with E-state index in [4.69, 9.17) is 0 Å². The summed E-state index contributed by atoms with van der Waals surface area (Å²) in [7, 11) is -2.92. The third kappa shape index (κ3) is 4.48. The molecular formula is C11H18N2O4S. The quantitative estimate of drug-likeness (QED) is 0.644. The Morgan fingerprint density at radius 1 is 1.50 bits per heavy atom. The molecule has 0 bridgehead atoms. The SMILES string of the molecule is C=CC(=O)NC(C)C(=O)NCC1CCS(=O)(=O)C1. The van der Waals surface area contributed by atoms with Gasteiger partial charge in [0.25, 0.3) is 0 Å². The van der Waals surface area contributed by atoms with Gasteiger partial charge in [0.2, 0.25) is 11.8 Å². The molecule has 0 aromatic rings. The second kappa shape index (κ2) is 5.99. The van der Waals surface area contributed by atoms with Gasteiger partial charge in [0.15, 0.2) is 9.84 Å². The predicted molar refractivity (Wildman–Crippen MR) is 67.6 cm³/mol. The number of hydrogen-bond donors (Lipinski definition) is 2. The monoisotopic (exact) mass is 274 g/mol. The van der Waals surface area contributed by atoms with E-state index in [1.54, 1.807) is 6.92 Å². The van der Waals surface area contributed by atoms with Crippen LogP contribution in [0.25, 0.3) is 0 Å². The van der Waals surface area contributed by atoms with Crippen LogP contribution < -0.4 is 10.6 Å². The van der Waals surface area contributed by atoms with E-state index in [0.29, 0.717) is 13.0 Å². The molecule has 1 heterocycles. The Morgan fingerprint density at radius 3 is 2.67 bits per heavy atom. The number of hydrogen-bond acceptors (Lipinski definition) is 4. The van der Waals surface area contributed by atoms with Crippen molar-refractivity contribution < 1.29 is 18.0 Å². The minimum Gasteiger partial charge on any atom is -0.354 e. The molecule has 2 atom stereocenters. The molecule has 2 N–H and O–H groups in total. The van der Waals surface area contributed by atoms with Crippen molar-refractivity contribution in [3.05, 3.63) is 12.7 Å². The van der Waals surface area contributed by atoms with Gasteiger partial charge in [0.1, 0.15) is 6.04 Å². The van der Waals surface area contributed by atoms with Crippen molar-refractivity contribution in [2.24, 2.45) is 5.92 Å². The first-order chi connectivity index (χ1) is 8.34. The van der Waals surface area contributed by atoms with Crippen LogP contribution in [0.1, 0.15) is 13.3 Å². The maximum absolute atomic E-state index is 11.6. The second-order valence-electron chi connectivity index (χ2n) is 4.45. The molecule has 0 spiro atoms. The molecule has 0 saturated carbocycles. The van der Waals surface area contributed by atoms with Gasteiger partial charge in [-0.1, -0.05) is 6.58 Å². The van der Waals surface area contributed by atoms with E-state index in [-0.39, 0.29) is 23.3 Å². The average Bonchev–Trinajstić information content (AvgIpc) is 2.65. The topological polar surface area (TPSA) is 92.3 Å². The Kier molecular flexibility index (Phi) is 4.89. The summed E-state index contributed by atoms with van der Waals surface area (Å²) < 4.78 is 22.4. The third-order valence-electron chi connectivity index (χ3n) is 2.83. The molecule has 1 saturated heterocycles. The highest BCUT2D eigenvalue weighted by atomic mass is 32.2. The van der Waals surface area contributed by atoms with Gasteiger partial charge >= 0.3 is 0 Å². The van der Waals surface area contributed by atoms with Crippen molar-refractivity contribution in [1.82, 2.24) is 10.6 Å². The summed E-state index contributed by atoms with van der Waals surface area (Å²) >= 11 is 0. The van der Waals surface area contributed by atoms with Gasteiger partial charge in [0, 0.05) is 6.54 Å². The zero-order valence-corrected chi connectivity index (χ0v) is 11.1. The Labute approximate surface area is 107 Å². The van der Waals surface area contributed by atoms with Gasteiger partial charge in [-0.3, -0.25) is 9.59 Å². The fourth-order valence-corrected chi connectivity index (χ4v) is 3.63. The van der Waals surface area contributed by atoms with Crippen LogP contribution in [0.5, 0.6) is 0 Å². The zero-order chi connectivity index (χ0) is 13.8. The van der Waals surface area contributed by atoms with Crippen LogP contribution in [-0.2, 0) is 19.4 Å². The summed E-state index contributed by atoms with van der Waals surface area (Å²) in [4.78, 5) is 22.6. The maximum atomic E-state index is 11.6. The summed E-state index contributed by atoms with van der Waals surface area (Å²) in [6.45, 7) is 5.17. The van der Waals surface area contributed by atoms with E-state index >= 15 is 0 Å². The smallest absolute Gasteiger partial charge is 0.244 e. The molecular weight excluding hydrogens is 256 g/mol. The fraction of sp³-hybridized carbons (Fsp3) is 0.636. The summed E-state index contributed by atoms with van der Waals surface area (Å²) in [5, 5.41) is 5.07. The molecule has 1 aliphatic rings. The predicted octanol–water partition coefficient (Wildman–Crippen LogP) is -0.772. The summed E-state index contributed by atoms with van der Waals surface area (Å²) in [6, 6.07) is -0.659. The van der Waals surface area contributed by atoms with Crippen molar-refractivity contribution in [3.8, 4) is 0 Å². The third-order valence-corrected chi connectivity index (χ3v) is 4.67. The minimum absolute atomic E-state index is 0.0266. The van der Waals surface area contributed by atoms with E-state index in [1.165, 1.54) is 0 Å². The van der Waals surface area contributed by atoms with Gasteiger partial charge < -0.3 is 10.6 Å². The van der Waals surface area contributed by atoms with Crippen molar-refractivity contribution >= 4 is 21.7 Å². The van der Waals surface area contributed by atoms with Crippen LogP contribution in [0.2, 0.25) is 0 Å². The Hall–Kier alpha value is -1.37. The first kappa shape index (κ1) is 14.7. The summed E-state index contributed by atoms with van der Waals surface area (Å²) in [5.41, 5.74) is 0. The van der Waals surface area contributed by atoms with Gasteiger partial charge in [-0.15, -0.1) is 0 Å². The number of nitrogens with one attached hydrogen (secondary N) is 2. The lowest BCUT2D eigenvalue weighted by molar-refractivity contribution is -0.126. The molecule has 0 aromatic heterocycles. The van der Waals surface area contributed by atoms with Crippen LogP contribution in [0, 0.1) is 5.92 Å². The molecule has 18 heavy (non-hydrogen) atoms. The van der Waals surface area contributed by atoms with Gasteiger partial charge in [-0.2, -0.15) is 0 Å². The molecule has 1 rings (SSSR count). The van der Waals surface area contributed by atoms with E-state index in [0.717, 1.165) is 6.08 Å². The molecule has 2 amide bonds. The first-order valence-electron chi connectivity index (χ1n) is 5.75. The maximum Gasteiger partial charge on any atom is 0.244 e. The van der Waals surface area contributed by atoms with Crippen molar-refractivity contribution in [1.29, 1.82) is 0 Å². The normalized spacial score (nSPS) is 23.1. The van der Waals surface area contributed by atoms with Crippen molar-refractivity contribution in [2.75, 3.05) is 18.1 Å². The van der Waals surface area contributed by atoms with Gasteiger partial charge in [0.05, 0.1) is 11.5 Å². The van der Waals surface area contributed by atoms with Crippen LogP contribution in [0.4, 0.5) is 0 Å². The lowest BCUT2D eigenvalue weighted by Crippen LogP contribution is -2.45. The van der Waals surface area contributed by atoms with E-state index in [2.05, 4.69) is 17.2 Å². The van der Waals surface area contributed by atoms with E-state index < -0.39 is 21.8 Å². The molecule has 0 aliphatic carbocycles. The fourth-order valence-electron chi connectivity index (χ4n) is 1.77. The lowest BCUT2D eigenvalue weighted by atomic mass is 10.1. The summed E-state index contributed by atoms with van der Waals surface area (Å²) in [6.07, 6.45) is 1.67. The van der Waals surface area contributed by atoms with Crippen molar-refractivity contribution in [3.63, 3.8) is 0 Å². The highest BCUT2D eigenvalue weighted by molar-refractivity contribution is 7.91. The van der Waals surface area contributed by atoms with Crippen LogP contribution in [0.3, 0.4) is 0 Å².